The summed E-state index contributed by atoms with van der Waals surface area (Å²) in [4.78, 5) is 10.0. The van der Waals surface area contributed by atoms with Gasteiger partial charge in [-0.1, -0.05) is 6.92 Å². The van der Waals surface area contributed by atoms with E-state index in [-0.39, 0.29) is 12.4 Å². The number of hydrogen-bond donors (Lipinski definition) is 3. The van der Waals surface area contributed by atoms with Crippen LogP contribution in [0, 0.1) is 0 Å². The molecule has 2 unspecified atom stereocenters. The topological polar surface area (TPSA) is 105 Å². The first-order valence-electron chi connectivity index (χ1n) is 7.02. The highest BCUT2D eigenvalue weighted by molar-refractivity contribution is 7.54. The third-order valence-electron chi connectivity index (χ3n) is 4.07. The first kappa shape index (κ1) is 19.1. The Morgan fingerprint density at radius 1 is 1.38 bits per heavy atom. The summed E-state index contributed by atoms with van der Waals surface area (Å²) in [5.41, 5.74) is -1.27. The van der Waals surface area contributed by atoms with E-state index in [1.165, 1.54) is 14.0 Å². The van der Waals surface area contributed by atoms with Crippen LogP contribution in [0.4, 0.5) is 0 Å². The van der Waals surface area contributed by atoms with Crippen molar-refractivity contribution < 1.29 is 33.7 Å². The summed E-state index contributed by atoms with van der Waals surface area (Å²) < 4.78 is 28.4. The number of aliphatic hydroxyl groups excluding tert-OH is 1. The van der Waals surface area contributed by atoms with E-state index in [2.05, 4.69) is 0 Å². The third kappa shape index (κ3) is 3.70. The second-order valence-corrected chi connectivity index (χ2v) is 8.43. The molecule has 0 aromatic carbocycles. The molecule has 0 aromatic rings. The lowest BCUT2D eigenvalue weighted by atomic mass is 9.90. The van der Waals surface area contributed by atoms with Crippen LogP contribution in [-0.2, 0) is 18.6 Å². The molecule has 0 amide bonds. The molecule has 124 valence electrons. The molecule has 0 saturated carbocycles. The smallest absolute Gasteiger partial charge is 0.359 e. The predicted octanol–water partition coefficient (Wildman–Crippen LogP) is -0.181. The highest BCUT2D eigenvalue weighted by Crippen LogP contribution is 2.58. The van der Waals surface area contributed by atoms with Gasteiger partial charge in [0, 0.05) is 7.11 Å². The summed E-state index contributed by atoms with van der Waals surface area (Å²) >= 11 is 0. The Labute approximate surface area is 126 Å². The van der Waals surface area contributed by atoms with Crippen molar-refractivity contribution in [3.05, 3.63) is 0 Å². The van der Waals surface area contributed by atoms with E-state index >= 15 is 0 Å². The average molecular weight is 324 g/mol. The molecule has 9 heteroatoms. The molecule has 1 rings (SSSR count). The first-order chi connectivity index (χ1) is 9.39. The van der Waals surface area contributed by atoms with Crippen molar-refractivity contribution in [1.29, 1.82) is 0 Å². The minimum absolute atomic E-state index is 0.0576. The lowest BCUT2D eigenvalue weighted by Crippen LogP contribution is -2.47. The van der Waals surface area contributed by atoms with E-state index < -0.39 is 36.9 Å². The van der Waals surface area contributed by atoms with E-state index in [9.17, 15) is 19.7 Å². The number of hydrogen-bond acceptors (Lipinski definition) is 6. The Balaban J connectivity index is 2.95. The predicted molar refractivity (Wildman–Crippen MR) is 79.9 cm³/mol. The zero-order valence-corrected chi connectivity index (χ0v) is 14.3. The van der Waals surface area contributed by atoms with Crippen LogP contribution in [0.5, 0.6) is 0 Å². The van der Waals surface area contributed by atoms with Gasteiger partial charge in [0.25, 0.3) is 0 Å². The number of aliphatic hydroxyl groups is 2. The Kier molecular flexibility index (Phi) is 5.71. The van der Waals surface area contributed by atoms with Gasteiger partial charge in [-0.3, -0.25) is 9.09 Å². The van der Waals surface area contributed by atoms with Crippen LogP contribution in [0.25, 0.3) is 0 Å². The summed E-state index contributed by atoms with van der Waals surface area (Å²) in [5.74, 6) is 0. The maximum absolute atomic E-state index is 12.3. The SMILES string of the molecule is B[C@@H]1O[C@H](C(C)(C)OP(=O)(O)C(C)(O)CC)[C@@H](O)[C@H]1OC. The highest BCUT2D eigenvalue weighted by atomic mass is 31.2. The minimum atomic E-state index is -4.32. The molecule has 1 aliphatic rings. The standard InChI is InChI=1S/C12H26BO7P/c1-6-12(4,15)21(16,17)20-11(2,3)9-7(14)8(18-5)10(13)19-9/h7-10,14-15H,6,13H2,1-5H3,(H,16,17)/t7-,8+,9-,10+,12?/m0/s1. The second kappa shape index (κ2) is 6.28. The van der Waals surface area contributed by atoms with Gasteiger partial charge in [0.1, 0.15) is 31.8 Å². The summed E-state index contributed by atoms with van der Waals surface area (Å²) in [7, 11) is -1.11. The van der Waals surface area contributed by atoms with Gasteiger partial charge >= 0.3 is 7.60 Å². The molecule has 6 atom stereocenters. The van der Waals surface area contributed by atoms with Crippen LogP contribution in [0.1, 0.15) is 34.1 Å². The van der Waals surface area contributed by atoms with E-state index in [4.69, 9.17) is 14.0 Å². The molecule has 1 aliphatic heterocycles. The lowest BCUT2D eigenvalue weighted by molar-refractivity contribution is -0.0976. The fourth-order valence-corrected chi connectivity index (χ4v) is 3.75. The first-order valence-corrected chi connectivity index (χ1v) is 8.59. The van der Waals surface area contributed by atoms with Crippen molar-refractivity contribution in [3.63, 3.8) is 0 Å². The average Bonchev–Trinajstić information content (AvgIpc) is 2.63. The third-order valence-corrected chi connectivity index (χ3v) is 6.32. The summed E-state index contributed by atoms with van der Waals surface area (Å²) in [6.07, 6.45) is -2.32. The van der Waals surface area contributed by atoms with Gasteiger partial charge in [-0.15, -0.1) is 0 Å². The molecule has 21 heavy (non-hydrogen) atoms. The molecular formula is C12H26BO7P. The van der Waals surface area contributed by atoms with Gasteiger partial charge in [0.2, 0.25) is 0 Å². The maximum atomic E-state index is 12.3. The maximum Gasteiger partial charge on any atom is 0.359 e. The quantitative estimate of drug-likeness (QED) is 0.460. The van der Waals surface area contributed by atoms with Gasteiger partial charge in [0.15, 0.2) is 5.34 Å². The number of methoxy groups -OCH3 is 1. The highest BCUT2D eigenvalue weighted by Gasteiger charge is 2.54. The van der Waals surface area contributed by atoms with Gasteiger partial charge in [0.05, 0.1) is 6.00 Å². The van der Waals surface area contributed by atoms with E-state index in [0.29, 0.717) is 0 Å². The molecule has 3 N–H and O–H groups in total. The van der Waals surface area contributed by atoms with Crippen molar-refractivity contribution in [2.24, 2.45) is 0 Å². The molecule has 0 aliphatic carbocycles. The Morgan fingerprint density at radius 3 is 2.29 bits per heavy atom. The molecule has 0 spiro atoms. The monoisotopic (exact) mass is 324 g/mol. The molecule has 7 nitrogen and oxygen atoms in total. The van der Waals surface area contributed by atoms with Crippen LogP contribution in [0.2, 0.25) is 0 Å². The van der Waals surface area contributed by atoms with Crippen molar-refractivity contribution >= 4 is 15.4 Å². The molecule has 1 fully saturated rings. The minimum Gasteiger partial charge on any atom is -0.388 e. The normalized spacial score (nSPS) is 36.2. The molecular weight excluding hydrogens is 298 g/mol. The fourth-order valence-electron chi connectivity index (χ4n) is 2.41. The summed E-state index contributed by atoms with van der Waals surface area (Å²) in [6.45, 7) is 5.92. The molecule has 0 radical (unpaired) electrons. The second-order valence-electron chi connectivity index (χ2n) is 6.24. The summed E-state index contributed by atoms with van der Waals surface area (Å²) in [5, 5.41) is 18.4. The Hall–Kier alpha value is 0.0549. The molecule has 1 saturated heterocycles. The lowest BCUT2D eigenvalue weighted by Gasteiger charge is -2.38. The zero-order chi connectivity index (χ0) is 16.6. The van der Waals surface area contributed by atoms with Gasteiger partial charge in [-0.05, 0) is 27.2 Å². The van der Waals surface area contributed by atoms with Crippen LogP contribution >= 0.6 is 7.60 Å². The van der Waals surface area contributed by atoms with Crippen LogP contribution in [-0.4, -0.2) is 65.3 Å². The Bertz CT molecular complexity index is 414. The van der Waals surface area contributed by atoms with Crippen LogP contribution < -0.4 is 0 Å². The van der Waals surface area contributed by atoms with Crippen LogP contribution in [0.15, 0.2) is 0 Å². The van der Waals surface area contributed by atoms with E-state index in [1.54, 1.807) is 28.6 Å². The number of ether oxygens (including phenoxy) is 2. The van der Waals surface area contributed by atoms with Gasteiger partial charge in [-0.2, -0.15) is 0 Å². The Morgan fingerprint density at radius 2 is 1.90 bits per heavy atom. The van der Waals surface area contributed by atoms with Crippen molar-refractivity contribution in [2.45, 2.75) is 69.4 Å². The van der Waals surface area contributed by atoms with Crippen molar-refractivity contribution in [1.82, 2.24) is 0 Å². The molecule has 1 heterocycles. The molecule has 0 aromatic heterocycles. The van der Waals surface area contributed by atoms with E-state index in [0.717, 1.165) is 0 Å². The van der Waals surface area contributed by atoms with E-state index in [1.807, 2.05) is 0 Å². The van der Waals surface area contributed by atoms with Crippen molar-refractivity contribution in [2.75, 3.05) is 7.11 Å². The fraction of sp³-hybridized carbons (Fsp3) is 1.00. The number of rotatable bonds is 6. The van der Waals surface area contributed by atoms with Gasteiger partial charge in [-0.25, -0.2) is 0 Å². The summed E-state index contributed by atoms with van der Waals surface area (Å²) in [6, 6.07) is -0.373. The van der Waals surface area contributed by atoms with Gasteiger partial charge < -0.3 is 24.6 Å². The van der Waals surface area contributed by atoms with Crippen molar-refractivity contribution in [3.8, 4) is 0 Å². The van der Waals surface area contributed by atoms with Crippen LogP contribution in [0.3, 0.4) is 0 Å². The molecule has 0 bridgehead atoms. The largest absolute Gasteiger partial charge is 0.388 e. The zero-order valence-electron chi connectivity index (χ0n) is 13.4.